The lowest BCUT2D eigenvalue weighted by molar-refractivity contribution is -0.109. The van der Waals surface area contributed by atoms with E-state index < -0.39 is 0 Å². The summed E-state index contributed by atoms with van der Waals surface area (Å²) in [5.74, 6) is 0. The predicted molar refractivity (Wildman–Crippen MR) is 48.8 cm³/mol. The molecule has 0 aliphatic heterocycles. The van der Waals surface area contributed by atoms with Crippen molar-refractivity contribution in [2.45, 2.75) is 18.9 Å². The van der Waals surface area contributed by atoms with Crippen LogP contribution in [0.1, 0.15) is 12.0 Å². The Morgan fingerprint density at radius 1 is 1.33 bits per heavy atom. The number of nitrogens with two attached hydrogens (primary N) is 1. The minimum Gasteiger partial charge on any atom is -0.322 e. The fourth-order valence-corrected chi connectivity index (χ4v) is 1.05. The van der Waals surface area contributed by atoms with Crippen LogP contribution in [0.5, 0.6) is 0 Å². The van der Waals surface area contributed by atoms with Crippen molar-refractivity contribution in [1.82, 2.24) is 0 Å². The van der Waals surface area contributed by atoms with Crippen molar-refractivity contribution in [3.63, 3.8) is 0 Å². The van der Waals surface area contributed by atoms with Gasteiger partial charge in [-0.05, 0) is 18.4 Å². The molecule has 2 N–H and O–H groups in total. The van der Waals surface area contributed by atoms with Crippen LogP contribution in [-0.4, -0.2) is 12.3 Å². The van der Waals surface area contributed by atoms with Crippen molar-refractivity contribution in [2.24, 2.45) is 5.73 Å². The molecule has 0 aromatic heterocycles. The molecule has 2 nitrogen and oxygen atoms in total. The summed E-state index contributed by atoms with van der Waals surface area (Å²) in [6, 6.07) is 9.71. The molecule has 0 fully saturated rings. The van der Waals surface area contributed by atoms with Crippen molar-refractivity contribution in [3.05, 3.63) is 35.9 Å². The number of aldehydes is 1. The average Bonchev–Trinajstić information content (AvgIpc) is 2.16. The van der Waals surface area contributed by atoms with Gasteiger partial charge in [-0.1, -0.05) is 30.3 Å². The maximum Gasteiger partial charge on any atom is 0.136 e. The van der Waals surface area contributed by atoms with Crippen LogP contribution in [0.4, 0.5) is 0 Å². The van der Waals surface area contributed by atoms with Gasteiger partial charge in [0, 0.05) is 0 Å². The Morgan fingerprint density at radius 3 is 2.58 bits per heavy atom. The standard InChI is InChI=1S/C10H13NO/c11-10(8-12)7-6-9-4-2-1-3-5-9/h1-5,8,10H,6-7,11H2/t10-/m0/s1. The summed E-state index contributed by atoms with van der Waals surface area (Å²) in [5.41, 5.74) is 6.68. The van der Waals surface area contributed by atoms with E-state index in [1.165, 1.54) is 5.56 Å². The Labute approximate surface area is 72.4 Å². The van der Waals surface area contributed by atoms with E-state index in [4.69, 9.17) is 5.73 Å². The predicted octanol–water partition coefficient (Wildman–Crippen LogP) is 1.15. The molecule has 0 aliphatic carbocycles. The molecule has 1 aromatic carbocycles. The molecular formula is C10H13NO. The molecule has 0 saturated heterocycles. The molecule has 0 radical (unpaired) electrons. The van der Waals surface area contributed by atoms with E-state index in [0.717, 1.165) is 19.1 Å². The molecule has 12 heavy (non-hydrogen) atoms. The van der Waals surface area contributed by atoms with Crippen molar-refractivity contribution >= 4 is 6.29 Å². The van der Waals surface area contributed by atoms with Crippen LogP contribution in [-0.2, 0) is 11.2 Å². The molecule has 0 spiro atoms. The zero-order valence-electron chi connectivity index (χ0n) is 6.94. The third-order valence-electron chi connectivity index (χ3n) is 1.78. The van der Waals surface area contributed by atoms with Crippen molar-refractivity contribution in [1.29, 1.82) is 0 Å². The van der Waals surface area contributed by atoms with Crippen LogP contribution in [0.3, 0.4) is 0 Å². The lowest BCUT2D eigenvalue weighted by atomic mass is 10.1. The van der Waals surface area contributed by atoms with E-state index in [1.807, 2.05) is 30.3 Å². The summed E-state index contributed by atoms with van der Waals surface area (Å²) in [6.07, 6.45) is 2.40. The SMILES string of the molecule is N[C@H](C=O)CCc1ccccc1. The van der Waals surface area contributed by atoms with Gasteiger partial charge in [0.05, 0.1) is 6.04 Å². The molecule has 0 unspecified atom stereocenters. The normalized spacial score (nSPS) is 12.4. The minimum atomic E-state index is -0.315. The number of hydrogen-bond donors (Lipinski definition) is 1. The number of benzene rings is 1. The van der Waals surface area contributed by atoms with Gasteiger partial charge in [0.1, 0.15) is 6.29 Å². The third-order valence-corrected chi connectivity index (χ3v) is 1.78. The molecule has 0 aliphatic rings. The maximum absolute atomic E-state index is 10.2. The monoisotopic (exact) mass is 163 g/mol. The highest BCUT2D eigenvalue weighted by Crippen LogP contribution is 2.02. The summed E-state index contributed by atoms with van der Waals surface area (Å²) in [4.78, 5) is 10.2. The van der Waals surface area contributed by atoms with Crippen molar-refractivity contribution in [2.75, 3.05) is 0 Å². The highest BCUT2D eigenvalue weighted by atomic mass is 16.1. The molecule has 0 bridgehead atoms. The van der Waals surface area contributed by atoms with Crippen LogP contribution < -0.4 is 5.73 Å². The first kappa shape index (κ1) is 8.94. The summed E-state index contributed by atoms with van der Waals surface area (Å²) in [5, 5.41) is 0. The van der Waals surface area contributed by atoms with Gasteiger partial charge >= 0.3 is 0 Å². The molecular weight excluding hydrogens is 150 g/mol. The van der Waals surface area contributed by atoms with E-state index in [9.17, 15) is 4.79 Å². The molecule has 0 saturated carbocycles. The summed E-state index contributed by atoms with van der Waals surface area (Å²) in [6.45, 7) is 0. The molecule has 1 rings (SSSR count). The Morgan fingerprint density at radius 2 is 2.00 bits per heavy atom. The first-order valence-corrected chi connectivity index (χ1v) is 4.07. The van der Waals surface area contributed by atoms with Gasteiger partial charge in [0.25, 0.3) is 0 Å². The van der Waals surface area contributed by atoms with Gasteiger partial charge in [-0.25, -0.2) is 0 Å². The Hall–Kier alpha value is -1.15. The lowest BCUT2D eigenvalue weighted by Crippen LogP contribution is -2.21. The van der Waals surface area contributed by atoms with Gasteiger partial charge in [0.2, 0.25) is 0 Å². The first-order valence-electron chi connectivity index (χ1n) is 4.07. The number of carbonyl (C=O) groups excluding carboxylic acids is 1. The van der Waals surface area contributed by atoms with Gasteiger partial charge in [0.15, 0.2) is 0 Å². The molecule has 1 aromatic rings. The van der Waals surface area contributed by atoms with Crippen LogP contribution in [0.2, 0.25) is 0 Å². The van der Waals surface area contributed by atoms with E-state index in [2.05, 4.69) is 0 Å². The molecule has 0 heterocycles. The summed E-state index contributed by atoms with van der Waals surface area (Å²) < 4.78 is 0. The van der Waals surface area contributed by atoms with Gasteiger partial charge < -0.3 is 10.5 Å². The largest absolute Gasteiger partial charge is 0.322 e. The van der Waals surface area contributed by atoms with Crippen LogP contribution in [0, 0.1) is 0 Å². The number of carbonyl (C=O) groups is 1. The number of rotatable bonds is 4. The zero-order chi connectivity index (χ0) is 8.81. The highest BCUT2D eigenvalue weighted by Gasteiger charge is 1.99. The zero-order valence-corrected chi connectivity index (χ0v) is 6.94. The van der Waals surface area contributed by atoms with Gasteiger partial charge in [-0.15, -0.1) is 0 Å². The average molecular weight is 163 g/mol. The highest BCUT2D eigenvalue weighted by molar-refractivity contribution is 5.56. The van der Waals surface area contributed by atoms with E-state index in [0.29, 0.717) is 0 Å². The van der Waals surface area contributed by atoms with E-state index in [1.54, 1.807) is 0 Å². The smallest absolute Gasteiger partial charge is 0.136 e. The maximum atomic E-state index is 10.2. The van der Waals surface area contributed by atoms with Crippen molar-refractivity contribution in [3.8, 4) is 0 Å². The molecule has 2 heteroatoms. The third kappa shape index (κ3) is 2.84. The van der Waals surface area contributed by atoms with Crippen LogP contribution in [0.25, 0.3) is 0 Å². The Balaban J connectivity index is 2.38. The summed E-state index contributed by atoms with van der Waals surface area (Å²) >= 11 is 0. The van der Waals surface area contributed by atoms with Gasteiger partial charge in [-0.3, -0.25) is 0 Å². The lowest BCUT2D eigenvalue weighted by Gasteiger charge is -2.02. The van der Waals surface area contributed by atoms with Crippen LogP contribution in [0.15, 0.2) is 30.3 Å². The van der Waals surface area contributed by atoms with E-state index >= 15 is 0 Å². The first-order chi connectivity index (χ1) is 5.83. The second kappa shape index (κ2) is 4.67. The fourth-order valence-electron chi connectivity index (χ4n) is 1.05. The Kier molecular flexibility index (Phi) is 3.48. The van der Waals surface area contributed by atoms with Crippen molar-refractivity contribution < 1.29 is 4.79 Å². The number of hydrogen-bond acceptors (Lipinski definition) is 2. The van der Waals surface area contributed by atoms with E-state index in [-0.39, 0.29) is 6.04 Å². The fraction of sp³-hybridized carbons (Fsp3) is 0.300. The Bertz CT molecular complexity index is 233. The minimum absolute atomic E-state index is 0.315. The molecule has 64 valence electrons. The summed E-state index contributed by atoms with van der Waals surface area (Å²) in [7, 11) is 0. The second-order valence-electron chi connectivity index (χ2n) is 2.82. The second-order valence-corrected chi connectivity index (χ2v) is 2.82. The van der Waals surface area contributed by atoms with Gasteiger partial charge in [-0.2, -0.15) is 0 Å². The molecule has 0 amide bonds. The quantitative estimate of drug-likeness (QED) is 0.676. The van der Waals surface area contributed by atoms with Crippen LogP contribution >= 0.6 is 0 Å². The topological polar surface area (TPSA) is 43.1 Å². The number of aryl methyl sites for hydroxylation is 1. The molecule has 1 atom stereocenters.